The third-order valence-electron chi connectivity index (χ3n) is 8.02. The molecule has 4 N–H and O–H groups in total. The Morgan fingerprint density at radius 1 is 1.21 bits per heavy atom. The second-order valence-corrected chi connectivity index (χ2v) is 21.9. The minimum absolute atomic E-state index is 0.0133. The van der Waals surface area contributed by atoms with Gasteiger partial charge in [0.1, 0.15) is 32.9 Å². The summed E-state index contributed by atoms with van der Waals surface area (Å²) < 4.78 is 47.9. The quantitative estimate of drug-likeness (QED) is 0.129. The van der Waals surface area contributed by atoms with E-state index in [4.69, 9.17) is 9.52 Å². The molecule has 1 aromatic heterocycles. The number of carbonyl (C=O) groups excluding carboxylic acids is 1. The number of pyridine rings is 1. The van der Waals surface area contributed by atoms with Crippen LogP contribution < -0.4 is 25.7 Å². The van der Waals surface area contributed by atoms with E-state index in [1.54, 1.807) is 43.3 Å². The van der Waals surface area contributed by atoms with Crippen molar-refractivity contribution in [3.63, 3.8) is 0 Å². The van der Waals surface area contributed by atoms with Gasteiger partial charge in [0, 0.05) is 28.1 Å². The van der Waals surface area contributed by atoms with E-state index in [1.165, 1.54) is 17.7 Å². The normalized spacial score (nSPS) is 15.0. The summed E-state index contributed by atoms with van der Waals surface area (Å²) in [6, 6.07) is 11.2. The average Bonchev–Trinajstić information content (AvgIpc) is 3.69. The van der Waals surface area contributed by atoms with Gasteiger partial charge in [-0.05, 0) is 77.7 Å². The van der Waals surface area contributed by atoms with Crippen molar-refractivity contribution in [1.82, 2.24) is 9.88 Å². The van der Waals surface area contributed by atoms with Gasteiger partial charge in [-0.2, -0.15) is 0 Å². The predicted octanol–water partition coefficient (Wildman–Crippen LogP) is 7.29. The van der Waals surface area contributed by atoms with Crippen molar-refractivity contribution in [3.8, 4) is 11.5 Å². The van der Waals surface area contributed by atoms with Crippen LogP contribution in [-0.4, -0.2) is 34.2 Å². The van der Waals surface area contributed by atoms with Gasteiger partial charge >= 0.3 is 0 Å². The highest BCUT2D eigenvalue weighted by atomic mass is 127. The highest BCUT2D eigenvalue weighted by Gasteiger charge is 2.38. The van der Waals surface area contributed by atoms with E-state index >= 15 is 0 Å². The number of nitrogens with zero attached hydrogens (tertiary/aromatic N) is 1. The third kappa shape index (κ3) is 7.79. The Bertz CT molecular complexity index is 1730. The van der Waals surface area contributed by atoms with Gasteiger partial charge in [0.2, 0.25) is 0 Å². The zero-order chi connectivity index (χ0) is 31.9. The summed E-state index contributed by atoms with van der Waals surface area (Å²) in [6.45, 7) is 12.2. The Balaban J connectivity index is 1.75. The number of hydrogen-bond acceptors (Lipinski definition) is 6. The molecule has 1 fully saturated rings. The van der Waals surface area contributed by atoms with Gasteiger partial charge in [0.25, 0.3) is 11.5 Å². The lowest BCUT2D eigenvalue weighted by Crippen LogP contribution is -2.45. The summed E-state index contributed by atoms with van der Waals surface area (Å²) in [5.74, 6) is -0.606. The van der Waals surface area contributed by atoms with Gasteiger partial charge in [-0.25, -0.2) is 13.4 Å². The molecule has 0 radical (unpaired) electrons. The summed E-state index contributed by atoms with van der Waals surface area (Å²) >= 11 is 2.00. The topological polar surface area (TPSA) is 125 Å². The predicted molar refractivity (Wildman–Crippen MR) is 182 cm³/mol. The minimum atomic E-state index is -3.17. The first kappa shape index (κ1) is 33.0. The van der Waals surface area contributed by atoms with Crippen LogP contribution in [0, 0.1) is 21.1 Å². The number of aromatic nitrogens is 1. The number of nitrogens with one attached hydrogen (secondary N) is 4. The SMILES string of the molecule is Cc1c(Oc2cccc(NS(=N)(=O)C[Si](C)(C)C(C)(C)C)c2)c(C(=O)NC2CC2)c(Nc2ccc(I)cc2F)n(C)c1=O. The third-order valence-corrected chi connectivity index (χ3v) is 17.8. The molecule has 1 aliphatic carbocycles. The maximum Gasteiger partial charge on any atom is 0.259 e. The Hall–Kier alpha value is -2.91. The largest absolute Gasteiger partial charge is 0.456 e. The number of anilines is 3. The number of halogens is 2. The number of amides is 1. The molecule has 4 rings (SSSR count). The van der Waals surface area contributed by atoms with Crippen LogP contribution in [0.15, 0.2) is 47.3 Å². The number of carbonyl (C=O) groups is 1. The lowest BCUT2D eigenvalue weighted by molar-refractivity contribution is 0.0948. The van der Waals surface area contributed by atoms with Crippen LogP contribution in [0.5, 0.6) is 11.5 Å². The minimum Gasteiger partial charge on any atom is -0.456 e. The second kappa shape index (κ2) is 12.2. The smallest absolute Gasteiger partial charge is 0.259 e. The van der Waals surface area contributed by atoms with Crippen molar-refractivity contribution in [2.75, 3.05) is 15.4 Å². The fraction of sp³-hybridized carbons (Fsp3) is 0.400. The number of hydrogen-bond donors (Lipinski definition) is 4. The van der Waals surface area contributed by atoms with E-state index in [-0.39, 0.29) is 50.6 Å². The molecule has 1 atom stereocenters. The van der Waals surface area contributed by atoms with Crippen LogP contribution in [0.2, 0.25) is 18.1 Å². The van der Waals surface area contributed by atoms with E-state index in [0.29, 0.717) is 9.26 Å². The molecule has 1 unspecified atom stereocenters. The van der Waals surface area contributed by atoms with E-state index < -0.39 is 35.3 Å². The maximum atomic E-state index is 14.9. The molecule has 0 spiro atoms. The summed E-state index contributed by atoms with van der Waals surface area (Å²) in [5, 5.41) is 6.13. The molecule has 0 aliphatic heterocycles. The molecule has 232 valence electrons. The zero-order valence-electron chi connectivity index (χ0n) is 25.5. The lowest BCUT2D eigenvalue weighted by atomic mass is 10.1. The molecule has 1 aliphatic rings. The van der Waals surface area contributed by atoms with Crippen molar-refractivity contribution in [3.05, 3.63) is 73.3 Å². The van der Waals surface area contributed by atoms with Gasteiger partial charge in [0.15, 0.2) is 5.75 Å². The van der Waals surface area contributed by atoms with Gasteiger partial charge in [-0.3, -0.25) is 18.9 Å². The van der Waals surface area contributed by atoms with Crippen LogP contribution in [0.25, 0.3) is 0 Å². The van der Waals surface area contributed by atoms with Crippen LogP contribution >= 0.6 is 22.6 Å². The molecule has 1 amide bonds. The highest BCUT2D eigenvalue weighted by Crippen LogP contribution is 2.38. The highest BCUT2D eigenvalue weighted by molar-refractivity contribution is 14.1. The van der Waals surface area contributed by atoms with Gasteiger partial charge in [0.05, 0.1) is 25.0 Å². The fourth-order valence-electron chi connectivity index (χ4n) is 4.29. The van der Waals surface area contributed by atoms with Crippen LogP contribution in [0.3, 0.4) is 0 Å². The first-order valence-corrected chi connectivity index (χ1v) is 20.0. The fourth-order valence-corrected chi connectivity index (χ4v) is 11.3. The van der Waals surface area contributed by atoms with Gasteiger partial charge in [-0.15, -0.1) is 0 Å². The van der Waals surface area contributed by atoms with Crippen LogP contribution in [0.4, 0.5) is 21.6 Å². The molecular weight excluding hydrogens is 700 g/mol. The number of benzene rings is 2. The van der Waals surface area contributed by atoms with E-state index in [2.05, 4.69) is 49.2 Å². The molecular formula is C30H39FIN5O4SSi. The van der Waals surface area contributed by atoms with Crippen molar-refractivity contribution >= 4 is 63.7 Å². The molecule has 1 saturated carbocycles. The Labute approximate surface area is 267 Å². The molecule has 3 aromatic rings. The maximum absolute atomic E-state index is 14.9. The first-order chi connectivity index (χ1) is 19.9. The van der Waals surface area contributed by atoms with Crippen molar-refractivity contribution in [2.24, 2.45) is 7.05 Å². The number of rotatable bonds is 10. The van der Waals surface area contributed by atoms with E-state index in [1.807, 2.05) is 22.6 Å². The van der Waals surface area contributed by atoms with Crippen molar-refractivity contribution in [1.29, 1.82) is 4.78 Å². The van der Waals surface area contributed by atoms with Gasteiger partial charge in [-0.1, -0.05) is 39.9 Å². The molecule has 0 saturated heterocycles. The zero-order valence-corrected chi connectivity index (χ0v) is 29.5. The lowest BCUT2D eigenvalue weighted by Gasteiger charge is -2.37. The van der Waals surface area contributed by atoms with Gasteiger partial charge < -0.3 is 15.4 Å². The molecule has 1 heterocycles. The monoisotopic (exact) mass is 739 g/mol. The van der Waals surface area contributed by atoms with E-state index in [0.717, 1.165) is 12.8 Å². The summed E-state index contributed by atoms with van der Waals surface area (Å²) in [7, 11) is -3.69. The Kier molecular flexibility index (Phi) is 9.38. The molecule has 9 nitrogen and oxygen atoms in total. The first-order valence-electron chi connectivity index (χ1n) is 14.0. The van der Waals surface area contributed by atoms with Crippen LogP contribution in [0.1, 0.15) is 49.5 Å². The summed E-state index contributed by atoms with van der Waals surface area (Å²) in [6.07, 6.45) is 1.69. The average molecular weight is 740 g/mol. The van der Waals surface area contributed by atoms with E-state index in [9.17, 15) is 18.2 Å². The second-order valence-electron chi connectivity index (χ2n) is 12.7. The molecule has 13 heteroatoms. The number of ether oxygens (including phenoxy) is 1. The summed E-state index contributed by atoms with van der Waals surface area (Å²) in [4.78, 5) is 27.0. The Morgan fingerprint density at radius 2 is 1.88 bits per heavy atom. The van der Waals surface area contributed by atoms with Crippen molar-refractivity contribution in [2.45, 2.75) is 64.7 Å². The standard InChI is InChI=1S/C30H39FIN5O4SSi/c1-18-26(41-22-10-8-9-21(16-22)36-42(33,40)17-43(6,7)30(2,3)4)25(28(38)34-20-12-13-20)27(37(5)29(18)39)35-24-14-11-19(32)15-23(24)31/h8-11,14-16,20,35H,12-13,17H2,1-7H3,(H,34,38)(H2,33,36,40). The summed E-state index contributed by atoms with van der Waals surface area (Å²) in [5.41, 5.74) is 0.344. The molecule has 43 heavy (non-hydrogen) atoms. The Morgan fingerprint density at radius 3 is 2.49 bits per heavy atom. The molecule has 0 bridgehead atoms. The van der Waals surface area contributed by atoms with Crippen molar-refractivity contribution < 1.29 is 18.1 Å². The molecule has 2 aromatic carbocycles. The van der Waals surface area contributed by atoms with Crippen LogP contribution in [-0.2, 0) is 17.0 Å².